The first-order chi connectivity index (χ1) is 18.0. The number of esters is 2. The van der Waals surface area contributed by atoms with Crippen LogP contribution >= 0.6 is 0 Å². The molecule has 0 aromatic heterocycles. The fourth-order valence-electron chi connectivity index (χ4n) is 6.11. The number of allylic oxidation sites excluding steroid dienone is 2. The van der Waals surface area contributed by atoms with Crippen molar-refractivity contribution >= 4 is 11.9 Å². The molecule has 3 aliphatic rings. The van der Waals surface area contributed by atoms with E-state index in [0.29, 0.717) is 25.4 Å². The number of rotatable bonds is 13. The Morgan fingerprint density at radius 3 is 2.54 bits per heavy atom. The van der Waals surface area contributed by atoms with Gasteiger partial charge >= 0.3 is 11.9 Å². The first kappa shape index (κ1) is 29.9. The van der Waals surface area contributed by atoms with Crippen molar-refractivity contribution in [3.63, 3.8) is 0 Å². The fraction of sp³-hybridized carbons (Fsp3) is 0.800. The van der Waals surface area contributed by atoms with E-state index in [1.165, 1.54) is 46.1 Å². The van der Waals surface area contributed by atoms with Gasteiger partial charge in [0.25, 0.3) is 0 Å². The normalized spacial score (nSPS) is 30.1. The molecule has 0 aromatic carbocycles. The van der Waals surface area contributed by atoms with E-state index in [9.17, 15) is 14.7 Å². The second-order valence-electron chi connectivity index (χ2n) is 11.0. The molecule has 1 saturated heterocycles. The van der Waals surface area contributed by atoms with E-state index in [1.807, 2.05) is 6.08 Å². The fourth-order valence-corrected chi connectivity index (χ4v) is 6.11. The highest BCUT2D eigenvalue weighted by Crippen LogP contribution is 2.41. The van der Waals surface area contributed by atoms with Gasteiger partial charge in [0, 0.05) is 38.2 Å². The molecule has 0 bridgehead atoms. The topological polar surface area (TPSA) is 91.3 Å². The zero-order valence-corrected chi connectivity index (χ0v) is 22.9. The highest BCUT2D eigenvalue weighted by Gasteiger charge is 2.45. The van der Waals surface area contributed by atoms with Gasteiger partial charge in [-0.25, -0.2) is 0 Å². The number of aliphatic hydroxyl groups excluding tert-OH is 1. The summed E-state index contributed by atoms with van der Waals surface area (Å²) in [4.78, 5) is 23.3. The number of hydrogen-bond donors (Lipinski definition) is 1. The molecule has 3 rings (SSSR count). The van der Waals surface area contributed by atoms with E-state index in [1.54, 1.807) is 0 Å². The van der Waals surface area contributed by atoms with Crippen LogP contribution in [0.15, 0.2) is 24.3 Å². The lowest BCUT2D eigenvalue weighted by Crippen LogP contribution is -2.30. The van der Waals surface area contributed by atoms with E-state index >= 15 is 0 Å². The number of carbonyl (C=O) groups is 2. The van der Waals surface area contributed by atoms with E-state index in [4.69, 9.17) is 18.9 Å². The Balaban J connectivity index is 1.67. The lowest BCUT2D eigenvalue weighted by Gasteiger charge is -2.29. The Hall–Kier alpha value is -1.70. The summed E-state index contributed by atoms with van der Waals surface area (Å²) in [5, 5.41) is 10.8. The molecule has 1 N–H and O–H groups in total. The van der Waals surface area contributed by atoms with Gasteiger partial charge in [-0.15, -0.1) is 0 Å². The molecular weight excluding hydrogens is 472 g/mol. The SMILES string of the molecule is COC(=O)CCC/C=C\C[C@@H]1[C@@H](/C=C/[C@@H](O)CC2CCCCC2)[C@H](OC2CCCCO2)C[C@@H]1OC(C)=O. The third-order valence-electron chi connectivity index (χ3n) is 8.06. The molecule has 2 saturated carbocycles. The maximum absolute atomic E-state index is 11.9. The van der Waals surface area contributed by atoms with Gasteiger partial charge in [0.1, 0.15) is 6.10 Å². The second-order valence-corrected chi connectivity index (χ2v) is 11.0. The number of carbonyl (C=O) groups excluding carboxylic acids is 2. The van der Waals surface area contributed by atoms with Crippen LogP contribution in [0.5, 0.6) is 0 Å². The minimum Gasteiger partial charge on any atom is -0.469 e. The molecule has 3 fully saturated rings. The van der Waals surface area contributed by atoms with Crippen molar-refractivity contribution in [3.05, 3.63) is 24.3 Å². The van der Waals surface area contributed by atoms with E-state index < -0.39 is 6.10 Å². The Morgan fingerprint density at radius 1 is 1.05 bits per heavy atom. The van der Waals surface area contributed by atoms with Crippen LogP contribution in [0.2, 0.25) is 0 Å². The number of unbranched alkanes of at least 4 members (excludes halogenated alkanes) is 1. The summed E-state index contributed by atoms with van der Waals surface area (Å²) in [7, 11) is 1.41. The Labute approximate surface area is 222 Å². The van der Waals surface area contributed by atoms with Gasteiger partial charge < -0.3 is 24.1 Å². The third-order valence-corrected chi connectivity index (χ3v) is 8.06. The van der Waals surface area contributed by atoms with Crippen LogP contribution in [0, 0.1) is 17.8 Å². The molecule has 1 unspecified atom stereocenters. The molecule has 0 radical (unpaired) electrons. The molecule has 1 heterocycles. The van der Waals surface area contributed by atoms with Crippen molar-refractivity contribution in [1.82, 2.24) is 0 Å². The molecule has 2 aliphatic carbocycles. The average molecular weight is 521 g/mol. The zero-order valence-electron chi connectivity index (χ0n) is 22.9. The number of aliphatic hydroxyl groups is 1. The van der Waals surface area contributed by atoms with Crippen LogP contribution in [-0.2, 0) is 28.5 Å². The summed E-state index contributed by atoms with van der Waals surface area (Å²) in [6.07, 6.45) is 20.5. The van der Waals surface area contributed by atoms with Gasteiger partial charge in [-0.2, -0.15) is 0 Å². The van der Waals surface area contributed by atoms with Crippen LogP contribution in [0.25, 0.3) is 0 Å². The van der Waals surface area contributed by atoms with E-state index in [-0.39, 0.29) is 42.3 Å². The molecule has 0 spiro atoms. The number of hydrogen-bond acceptors (Lipinski definition) is 7. The highest BCUT2D eigenvalue weighted by atomic mass is 16.7. The van der Waals surface area contributed by atoms with Gasteiger partial charge in [-0.3, -0.25) is 9.59 Å². The van der Waals surface area contributed by atoms with Crippen LogP contribution in [0.1, 0.15) is 96.8 Å². The van der Waals surface area contributed by atoms with Crippen molar-refractivity contribution in [2.45, 2.75) is 121 Å². The van der Waals surface area contributed by atoms with Crippen molar-refractivity contribution in [2.75, 3.05) is 13.7 Å². The molecule has 6 atom stereocenters. The molecular formula is C30H48O7. The Kier molecular flexibility index (Phi) is 13.2. The van der Waals surface area contributed by atoms with E-state index in [0.717, 1.165) is 44.9 Å². The maximum Gasteiger partial charge on any atom is 0.305 e. The molecule has 210 valence electrons. The largest absolute Gasteiger partial charge is 0.469 e. The summed E-state index contributed by atoms with van der Waals surface area (Å²) >= 11 is 0. The predicted octanol–water partition coefficient (Wildman–Crippen LogP) is 5.64. The minimum absolute atomic E-state index is 0.00982. The van der Waals surface area contributed by atoms with Crippen LogP contribution in [0.3, 0.4) is 0 Å². The number of methoxy groups -OCH3 is 1. The Bertz CT molecular complexity index is 736. The Morgan fingerprint density at radius 2 is 1.84 bits per heavy atom. The van der Waals surface area contributed by atoms with Gasteiger partial charge in [0.05, 0.1) is 19.3 Å². The first-order valence-corrected chi connectivity index (χ1v) is 14.5. The van der Waals surface area contributed by atoms with Crippen LogP contribution in [0.4, 0.5) is 0 Å². The molecule has 7 nitrogen and oxygen atoms in total. The summed E-state index contributed by atoms with van der Waals surface area (Å²) < 4.78 is 22.8. The smallest absolute Gasteiger partial charge is 0.305 e. The van der Waals surface area contributed by atoms with Crippen molar-refractivity contribution < 1.29 is 33.6 Å². The van der Waals surface area contributed by atoms with Gasteiger partial charge in [-0.1, -0.05) is 56.4 Å². The quantitative estimate of drug-likeness (QED) is 0.191. The maximum atomic E-state index is 11.9. The molecule has 0 aromatic rings. The predicted molar refractivity (Wildman–Crippen MR) is 142 cm³/mol. The van der Waals surface area contributed by atoms with E-state index in [2.05, 4.69) is 18.2 Å². The van der Waals surface area contributed by atoms with Crippen LogP contribution in [-0.4, -0.2) is 55.4 Å². The summed E-state index contributed by atoms with van der Waals surface area (Å²) in [6, 6.07) is 0. The van der Waals surface area contributed by atoms with Gasteiger partial charge in [0.2, 0.25) is 0 Å². The molecule has 37 heavy (non-hydrogen) atoms. The van der Waals surface area contributed by atoms with Crippen molar-refractivity contribution in [2.24, 2.45) is 17.8 Å². The molecule has 1 aliphatic heterocycles. The average Bonchev–Trinajstić information content (AvgIpc) is 3.20. The molecule has 7 heteroatoms. The van der Waals surface area contributed by atoms with Crippen molar-refractivity contribution in [1.29, 1.82) is 0 Å². The third kappa shape index (κ3) is 10.5. The van der Waals surface area contributed by atoms with Gasteiger partial charge in [-0.05, 0) is 50.9 Å². The monoisotopic (exact) mass is 520 g/mol. The second kappa shape index (κ2) is 16.3. The number of ether oxygens (including phenoxy) is 4. The molecule has 0 amide bonds. The first-order valence-electron chi connectivity index (χ1n) is 14.5. The standard InChI is InChI=1S/C30H48O7/c1-22(31)36-27-21-28(37-30-16-10-11-19-35-30)26(18-17-24(32)20-23-12-6-5-7-13-23)25(27)14-8-3-4-9-15-29(33)34-2/h3,8,17-18,23-28,30,32H,4-7,9-16,19-21H2,1-2H3/b8-3-,18-17+/t24-,25-,26-,27+,28-,30?/m1/s1. The highest BCUT2D eigenvalue weighted by molar-refractivity contribution is 5.69. The van der Waals surface area contributed by atoms with Gasteiger partial charge in [0.15, 0.2) is 6.29 Å². The minimum atomic E-state index is -0.475. The van der Waals surface area contributed by atoms with Crippen LogP contribution < -0.4 is 0 Å². The lowest BCUT2D eigenvalue weighted by atomic mass is 9.84. The zero-order chi connectivity index (χ0) is 26.5. The lowest BCUT2D eigenvalue weighted by molar-refractivity contribution is -0.193. The van der Waals surface area contributed by atoms with Crippen molar-refractivity contribution in [3.8, 4) is 0 Å². The summed E-state index contributed by atoms with van der Waals surface area (Å²) in [5.74, 6) is 0.174. The summed E-state index contributed by atoms with van der Waals surface area (Å²) in [6.45, 7) is 2.17. The summed E-state index contributed by atoms with van der Waals surface area (Å²) in [5.41, 5.74) is 0.